The first kappa shape index (κ1) is 24.3. The molecule has 0 bridgehead atoms. The third-order valence-electron chi connectivity index (χ3n) is 4.20. The molecule has 30 heavy (non-hydrogen) atoms. The quantitative estimate of drug-likeness (QED) is 0.229. The van der Waals surface area contributed by atoms with Crippen molar-refractivity contribution in [3.05, 3.63) is 47.2 Å². The van der Waals surface area contributed by atoms with Crippen LogP contribution in [0.1, 0.15) is 32.0 Å². The molecule has 0 aliphatic rings. The molecule has 0 aliphatic carbocycles. The minimum Gasteiger partial charge on any atom is -0.490 e. The summed E-state index contributed by atoms with van der Waals surface area (Å²) in [6.45, 7) is 9.37. The summed E-state index contributed by atoms with van der Waals surface area (Å²) in [5, 5.41) is 8.71. The molecule has 0 saturated carbocycles. The van der Waals surface area contributed by atoms with Crippen LogP contribution in [0.3, 0.4) is 0 Å². The van der Waals surface area contributed by atoms with E-state index in [4.69, 9.17) is 9.47 Å². The van der Waals surface area contributed by atoms with Crippen LogP contribution in [-0.4, -0.2) is 41.6 Å². The van der Waals surface area contributed by atoms with E-state index in [0.717, 1.165) is 47.6 Å². The molecule has 3 rings (SSSR count). The lowest BCUT2D eigenvalue weighted by Crippen LogP contribution is -2.38. The van der Waals surface area contributed by atoms with E-state index >= 15 is 0 Å². The van der Waals surface area contributed by atoms with Gasteiger partial charge in [-0.3, -0.25) is 4.40 Å². The third-order valence-corrected chi connectivity index (χ3v) is 4.97. The molecule has 0 saturated heterocycles. The van der Waals surface area contributed by atoms with Crippen molar-refractivity contribution in [1.82, 2.24) is 20.0 Å². The van der Waals surface area contributed by atoms with Crippen LogP contribution in [0.15, 0.2) is 41.0 Å². The lowest BCUT2D eigenvalue weighted by molar-refractivity contribution is 0.287. The molecule has 1 aromatic carbocycles. The number of nitrogens with one attached hydrogen (secondary N) is 2. The standard InChI is InChI=1S/C21H29N5O2S.HI/c1-4-22-20(24-14-17-15-26-11-12-29-21(26)25-17)23-10-9-16-7-8-18(27-5-2)19(13-16)28-6-3;/h7-8,11-13,15H,4-6,9-10,14H2,1-3H3,(H2,22,23,24);1H. The minimum absolute atomic E-state index is 0. The van der Waals surface area contributed by atoms with Gasteiger partial charge in [0, 0.05) is 30.9 Å². The molecular formula is C21H30IN5O2S. The van der Waals surface area contributed by atoms with Gasteiger partial charge in [0.1, 0.15) is 0 Å². The van der Waals surface area contributed by atoms with Crippen molar-refractivity contribution in [2.75, 3.05) is 26.3 Å². The monoisotopic (exact) mass is 543 g/mol. The highest BCUT2D eigenvalue weighted by Crippen LogP contribution is 2.28. The predicted molar refractivity (Wildman–Crippen MR) is 134 cm³/mol. The Labute approximate surface area is 198 Å². The lowest BCUT2D eigenvalue weighted by atomic mass is 10.1. The summed E-state index contributed by atoms with van der Waals surface area (Å²) in [5.74, 6) is 2.38. The number of guanidine groups is 1. The fourth-order valence-electron chi connectivity index (χ4n) is 2.93. The van der Waals surface area contributed by atoms with E-state index in [1.807, 2.05) is 42.1 Å². The van der Waals surface area contributed by atoms with Crippen molar-refractivity contribution in [1.29, 1.82) is 0 Å². The highest BCUT2D eigenvalue weighted by Gasteiger charge is 2.07. The van der Waals surface area contributed by atoms with Gasteiger partial charge in [-0.05, 0) is 44.9 Å². The number of aromatic nitrogens is 2. The molecule has 0 amide bonds. The van der Waals surface area contributed by atoms with Crippen LogP contribution in [0.2, 0.25) is 0 Å². The highest BCUT2D eigenvalue weighted by molar-refractivity contribution is 14.0. The number of benzene rings is 1. The largest absolute Gasteiger partial charge is 0.490 e. The Morgan fingerprint density at radius 2 is 1.93 bits per heavy atom. The van der Waals surface area contributed by atoms with Crippen molar-refractivity contribution < 1.29 is 9.47 Å². The summed E-state index contributed by atoms with van der Waals surface area (Å²) in [6.07, 6.45) is 4.89. The number of nitrogens with zero attached hydrogens (tertiary/aromatic N) is 3. The Balaban J connectivity index is 0.00000320. The zero-order valence-electron chi connectivity index (χ0n) is 17.7. The summed E-state index contributed by atoms with van der Waals surface area (Å²) < 4.78 is 13.4. The number of rotatable bonds is 10. The van der Waals surface area contributed by atoms with Crippen LogP contribution in [-0.2, 0) is 13.0 Å². The Morgan fingerprint density at radius 3 is 2.67 bits per heavy atom. The van der Waals surface area contributed by atoms with Gasteiger partial charge in [0.15, 0.2) is 22.4 Å². The second-order valence-corrected chi connectivity index (χ2v) is 7.22. The molecule has 164 valence electrons. The van der Waals surface area contributed by atoms with Crippen molar-refractivity contribution in [2.45, 2.75) is 33.7 Å². The molecule has 7 nitrogen and oxygen atoms in total. The maximum absolute atomic E-state index is 5.71. The van der Waals surface area contributed by atoms with E-state index < -0.39 is 0 Å². The summed E-state index contributed by atoms with van der Waals surface area (Å²) in [5.41, 5.74) is 2.15. The normalized spacial score (nSPS) is 11.2. The Morgan fingerprint density at radius 1 is 1.13 bits per heavy atom. The number of imidazole rings is 1. The molecule has 2 heterocycles. The van der Waals surface area contributed by atoms with Gasteiger partial charge in [0.2, 0.25) is 0 Å². The maximum atomic E-state index is 5.71. The first-order valence-electron chi connectivity index (χ1n) is 10.0. The zero-order chi connectivity index (χ0) is 20.5. The molecule has 2 aromatic heterocycles. The van der Waals surface area contributed by atoms with Crippen LogP contribution in [0, 0.1) is 0 Å². The van der Waals surface area contributed by atoms with Gasteiger partial charge in [-0.1, -0.05) is 6.07 Å². The number of halogens is 1. The number of aliphatic imine (C=N–C) groups is 1. The van der Waals surface area contributed by atoms with Gasteiger partial charge in [-0.2, -0.15) is 0 Å². The van der Waals surface area contributed by atoms with Gasteiger partial charge in [0.05, 0.1) is 25.5 Å². The average molecular weight is 543 g/mol. The maximum Gasteiger partial charge on any atom is 0.193 e. The molecule has 0 spiro atoms. The van der Waals surface area contributed by atoms with Crippen molar-refractivity contribution >= 4 is 46.2 Å². The van der Waals surface area contributed by atoms with Gasteiger partial charge in [-0.15, -0.1) is 35.3 Å². The number of thiazole rings is 1. The van der Waals surface area contributed by atoms with Crippen LogP contribution < -0.4 is 20.1 Å². The SMILES string of the molecule is CCNC(=NCc1cn2ccsc2n1)NCCc1ccc(OCC)c(OCC)c1.I. The van der Waals surface area contributed by atoms with E-state index in [-0.39, 0.29) is 24.0 Å². The molecule has 0 fully saturated rings. The van der Waals surface area contributed by atoms with E-state index in [0.29, 0.717) is 19.8 Å². The van der Waals surface area contributed by atoms with Gasteiger partial charge in [0.25, 0.3) is 0 Å². The molecule has 9 heteroatoms. The molecule has 0 unspecified atom stereocenters. The Hall–Kier alpha value is -2.01. The first-order chi connectivity index (χ1) is 14.2. The molecule has 0 atom stereocenters. The van der Waals surface area contributed by atoms with Crippen molar-refractivity contribution in [2.24, 2.45) is 4.99 Å². The van der Waals surface area contributed by atoms with Crippen LogP contribution in [0.4, 0.5) is 0 Å². The molecule has 0 radical (unpaired) electrons. The van der Waals surface area contributed by atoms with E-state index in [1.165, 1.54) is 5.56 Å². The van der Waals surface area contributed by atoms with Crippen LogP contribution >= 0.6 is 35.3 Å². The highest BCUT2D eigenvalue weighted by atomic mass is 127. The fraction of sp³-hybridized carbons (Fsp3) is 0.429. The van der Waals surface area contributed by atoms with Crippen LogP contribution in [0.25, 0.3) is 4.96 Å². The topological polar surface area (TPSA) is 72.2 Å². The molecule has 3 aromatic rings. The third kappa shape index (κ3) is 6.76. The van der Waals surface area contributed by atoms with Gasteiger partial charge in [-0.25, -0.2) is 9.98 Å². The molecule has 2 N–H and O–H groups in total. The first-order valence-corrected chi connectivity index (χ1v) is 10.9. The Bertz CT molecular complexity index is 912. The average Bonchev–Trinajstić information content (AvgIpc) is 3.30. The minimum atomic E-state index is 0. The van der Waals surface area contributed by atoms with Crippen molar-refractivity contribution in [3.63, 3.8) is 0 Å². The number of ether oxygens (including phenoxy) is 2. The number of hydrogen-bond donors (Lipinski definition) is 2. The van der Waals surface area contributed by atoms with E-state index in [2.05, 4.69) is 39.7 Å². The van der Waals surface area contributed by atoms with Gasteiger partial charge >= 0.3 is 0 Å². The Kier molecular flexibility index (Phi) is 10.2. The van der Waals surface area contributed by atoms with Gasteiger partial charge < -0.3 is 20.1 Å². The second-order valence-electron chi connectivity index (χ2n) is 6.34. The number of hydrogen-bond acceptors (Lipinski definition) is 5. The zero-order valence-corrected chi connectivity index (χ0v) is 20.8. The predicted octanol–water partition coefficient (Wildman–Crippen LogP) is 4.11. The summed E-state index contributed by atoms with van der Waals surface area (Å²) in [4.78, 5) is 10.2. The lowest BCUT2D eigenvalue weighted by Gasteiger charge is -2.14. The van der Waals surface area contributed by atoms with Crippen molar-refractivity contribution in [3.8, 4) is 11.5 Å². The molecule has 0 aliphatic heterocycles. The molecular weight excluding hydrogens is 513 g/mol. The summed E-state index contributed by atoms with van der Waals surface area (Å²) in [7, 11) is 0. The second kappa shape index (κ2) is 12.6. The van der Waals surface area contributed by atoms with Crippen LogP contribution in [0.5, 0.6) is 11.5 Å². The summed E-state index contributed by atoms with van der Waals surface area (Å²) in [6, 6.07) is 6.11. The smallest absolute Gasteiger partial charge is 0.193 e. The summed E-state index contributed by atoms with van der Waals surface area (Å²) >= 11 is 1.63. The van der Waals surface area contributed by atoms with E-state index in [1.54, 1.807) is 11.3 Å². The fourth-order valence-corrected chi connectivity index (χ4v) is 3.65. The number of fused-ring (bicyclic) bond motifs is 1. The van der Waals surface area contributed by atoms with E-state index in [9.17, 15) is 0 Å².